The lowest BCUT2D eigenvalue weighted by Crippen LogP contribution is -2.47. The largest absolute Gasteiger partial charge is 0.497 e. The molecule has 1 N–H and O–H groups in total. The van der Waals surface area contributed by atoms with Crippen LogP contribution in [-0.4, -0.2) is 56.2 Å². The van der Waals surface area contributed by atoms with Crippen LogP contribution in [0.15, 0.2) is 24.3 Å². The van der Waals surface area contributed by atoms with Crippen molar-refractivity contribution in [2.24, 2.45) is 5.92 Å². The molecular weight excluding hydrogens is 356 g/mol. The molecule has 3 aliphatic heterocycles. The van der Waals surface area contributed by atoms with Crippen molar-refractivity contribution in [3.05, 3.63) is 29.8 Å². The number of benzene rings is 1. The number of nitrogens with one attached hydrogen (secondary N) is 1. The summed E-state index contributed by atoms with van der Waals surface area (Å²) in [6.45, 7) is 2.79. The zero-order valence-corrected chi connectivity index (χ0v) is 16.6. The molecule has 1 aromatic carbocycles. The number of carbonyl (C=O) groups excluding carboxylic acids is 2. The smallest absolute Gasteiger partial charge is 0.232 e. The molecule has 0 unspecified atom stereocenters. The summed E-state index contributed by atoms with van der Waals surface area (Å²) in [4.78, 5) is 27.6. The molecule has 0 saturated carbocycles. The minimum absolute atomic E-state index is 0.0370. The first-order chi connectivity index (χ1) is 13.6. The molecule has 0 radical (unpaired) electrons. The first-order valence-electron chi connectivity index (χ1n) is 10.4. The van der Waals surface area contributed by atoms with Crippen LogP contribution in [0.2, 0.25) is 0 Å². The highest BCUT2D eigenvalue weighted by Gasteiger charge is 2.53. The molecule has 3 heterocycles. The molecule has 3 saturated heterocycles. The van der Waals surface area contributed by atoms with Crippen molar-refractivity contribution in [2.45, 2.75) is 50.0 Å². The summed E-state index contributed by atoms with van der Waals surface area (Å²) in [7, 11) is 1.64. The van der Waals surface area contributed by atoms with Gasteiger partial charge in [-0.15, -0.1) is 0 Å². The Labute approximate surface area is 166 Å². The Morgan fingerprint density at radius 1 is 1.32 bits per heavy atom. The maximum atomic E-state index is 13.4. The highest BCUT2D eigenvalue weighted by molar-refractivity contribution is 5.91. The molecule has 6 heteroatoms. The molecule has 0 bridgehead atoms. The zero-order chi connectivity index (χ0) is 19.6. The van der Waals surface area contributed by atoms with Crippen molar-refractivity contribution >= 4 is 11.8 Å². The van der Waals surface area contributed by atoms with Crippen molar-refractivity contribution in [1.29, 1.82) is 0 Å². The van der Waals surface area contributed by atoms with Crippen molar-refractivity contribution in [1.82, 2.24) is 10.2 Å². The Bertz CT molecular complexity index is 731. The fraction of sp³-hybridized carbons (Fsp3) is 0.636. The van der Waals surface area contributed by atoms with Crippen LogP contribution in [0.1, 0.15) is 44.1 Å². The molecule has 0 spiro atoms. The number of carbonyl (C=O) groups is 2. The normalized spacial score (nSPS) is 27.7. The summed E-state index contributed by atoms with van der Waals surface area (Å²) in [5, 5.41) is 3.19. The molecular formula is C22H30N2O4. The third kappa shape index (κ3) is 3.62. The quantitative estimate of drug-likeness (QED) is 0.814. The molecule has 4 rings (SSSR count). The van der Waals surface area contributed by atoms with Gasteiger partial charge in [-0.05, 0) is 55.7 Å². The van der Waals surface area contributed by atoms with Crippen LogP contribution in [-0.2, 0) is 19.7 Å². The van der Waals surface area contributed by atoms with Crippen LogP contribution in [0.25, 0.3) is 0 Å². The van der Waals surface area contributed by atoms with Crippen LogP contribution < -0.4 is 10.1 Å². The number of methoxy groups -OCH3 is 1. The van der Waals surface area contributed by atoms with E-state index in [2.05, 4.69) is 5.32 Å². The number of nitrogens with zero attached hydrogens (tertiary/aromatic N) is 1. The number of amides is 2. The van der Waals surface area contributed by atoms with E-state index in [9.17, 15) is 9.59 Å². The predicted molar refractivity (Wildman–Crippen MR) is 105 cm³/mol. The van der Waals surface area contributed by atoms with Gasteiger partial charge < -0.3 is 19.7 Å². The summed E-state index contributed by atoms with van der Waals surface area (Å²) in [6, 6.07) is 7.93. The Morgan fingerprint density at radius 3 is 2.89 bits per heavy atom. The fourth-order valence-electron chi connectivity index (χ4n) is 5.00. The first-order valence-corrected chi connectivity index (χ1v) is 10.4. The summed E-state index contributed by atoms with van der Waals surface area (Å²) in [6.07, 6.45) is 5.26. The van der Waals surface area contributed by atoms with E-state index in [-0.39, 0.29) is 17.9 Å². The molecule has 1 aromatic rings. The van der Waals surface area contributed by atoms with Gasteiger partial charge in [-0.3, -0.25) is 9.59 Å². The average molecular weight is 386 g/mol. The lowest BCUT2D eigenvalue weighted by Gasteiger charge is -2.30. The second-order valence-corrected chi connectivity index (χ2v) is 8.33. The molecule has 2 amide bonds. The molecule has 0 aliphatic carbocycles. The lowest BCUT2D eigenvalue weighted by atomic mass is 9.76. The van der Waals surface area contributed by atoms with E-state index in [1.807, 2.05) is 29.2 Å². The van der Waals surface area contributed by atoms with Crippen LogP contribution in [0.4, 0.5) is 0 Å². The highest BCUT2D eigenvalue weighted by atomic mass is 16.5. The first kappa shape index (κ1) is 19.2. The number of hydrogen-bond acceptors (Lipinski definition) is 4. The third-order valence-corrected chi connectivity index (χ3v) is 6.71. The monoisotopic (exact) mass is 386 g/mol. The van der Waals surface area contributed by atoms with Gasteiger partial charge in [0.25, 0.3) is 0 Å². The molecule has 28 heavy (non-hydrogen) atoms. The van der Waals surface area contributed by atoms with Gasteiger partial charge in [-0.25, -0.2) is 0 Å². The van der Waals surface area contributed by atoms with Gasteiger partial charge in [0.15, 0.2) is 0 Å². The lowest BCUT2D eigenvalue weighted by molar-refractivity contribution is -0.129. The summed E-state index contributed by atoms with van der Waals surface area (Å²) >= 11 is 0. The molecule has 2 atom stereocenters. The minimum Gasteiger partial charge on any atom is -0.497 e. The van der Waals surface area contributed by atoms with Crippen molar-refractivity contribution in [3.8, 4) is 5.75 Å². The topological polar surface area (TPSA) is 67.9 Å². The van der Waals surface area contributed by atoms with Gasteiger partial charge in [0.1, 0.15) is 5.75 Å². The number of hydrogen-bond donors (Lipinski definition) is 1. The number of ether oxygens (including phenoxy) is 2. The van der Waals surface area contributed by atoms with Gasteiger partial charge >= 0.3 is 0 Å². The van der Waals surface area contributed by atoms with Gasteiger partial charge in [0.2, 0.25) is 11.8 Å². The minimum atomic E-state index is -0.690. The van der Waals surface area contributed by atoms with Gasteiger partial charge in [-0.1, -0.05) is 12.1 Å². The van der Waals surface area contributed by atoms with Gasteiger partial charge in [0, 0.05) is 38.8 Å². The molecule has 0 aromatic heterocycles. The number of fused-ring (bicyclic) bond motifs is 1. The highest BCUT2D eigenvalue weighted by Crippen LogP contribution is 2.43. The van der Waals surface area contributed by atoms with Crippen molar-refractivity contribution in [3.63, 3.8) is 0 Å². The fourth-order valence-corrected chi connectivity index (χ4v) is 5.00. The van der Waals surface area contributed by atoms with Crippen molar-refractivity contribution in [2.75, 3.05) is 33.4 Å². The molecule has 152 valence electrons. The predicted octanol–water partition coefficient (Wildman–Crippen LogP) is 2.26. The van der Waals surface area contributed by atoms with Gasteiger partial charge in [0.05, 0.1) is 12.5 Å². The van der Waals surface area contributed by atoms with Crippen molar-refractivity contribution < 1.29 is 19.1 Å². The van der Waals surface area contributed by atoms with E-state index in [0.29, 0.717) is 31.8 Å². The Morgan fingerprint density at radius 2 is 2.14 bits per heavy atom. The van der Waals surface area contributed by atoms with Crippen LogP contribution in [0.5, 0.6) is 5.75 Å². The van der Waals surface area contributed by atoms with E-state index in [1.165, 1.54) is 0 Å². The average Bonchev–Trinajstić information content (AvgIpc) is 3.28. The standard InChI is InChI=1S/C22H30N2O4/c1-27-19-4-2-3-17(13-19)22(14-18-5-6-20(25)24(18)15-22)21(26)23-10-7-16-8-11-28-12-9-16/h2-4,13,16,18H,5-12,14-15H2,1H3,(H,23,26)/t18-,22-/m0/s1. The van der Waals surface area contributed by atoms with Crippen LogP contribution in [0, 0.1) is 5.92 Å². The van der Waals surface area contributed by atoms with E-state index in [4.69, 9.17) is 9.47 Å². The maximum absolute atomic E-state index is 13.4. The summed E-state index contributed by atoms with van der Waals surface area (Å²) in [5.41, 5.74) is 0.253. The molecule has 6 nitrogen and oxygen atoms in total. The SMILES string of the molecule is COc1cccc([C@]2(C(=O)NCCC3CCOCC3)C[C@@H]3CCC(=O)N3C2)c1. The second-order valence-electron chi connectivity index (χ2n) is 8.33. The summed E-state index contributed by atoms with van der Waals surface area (Å²) in [5.74, 6) is 1.57. The molecule has 3 fully saturated rings. The second kappa shape index (κ2) is 8.11. The van der Waals surface area contributed by atoms with Crippen LogP contribution in [0.3, 0.4) is 0 Å². The Hall–Kier alpha value is -2.08. The van der Waals surface area contributed by atoms with E-state index >= 15 is 0 Å². The number of rotatable bonds is 6. The van der Waals surface area contributed by atoms with Gasteiger partial charge in [-0.2, -0.15) is 0 Å². The Kier molecular flexibility index (Phi) is 5.58. The Balaban J connectivity index is 1.51. The maximum Gasteiger partial charge on any atom is 0.232 e. The van der Waals surface area contributed by atoms with E-state index in [0.717, 1.165) is 50.2 Å². The van der Waals surface area contributed by atoms with E-state index < -0.39 is 5.41 Å². The van der Waals surface area contributed by atoms with Crippen LogP contribution >= 0.6 is 0 Å². The zero-order valence-electron chi connectivity index (χ0n) is 16.6. The molecule has 3 aliphatic rings. The summed E-state index contributed by atoms with van der Waals surface area (Å²) < 4.78 is 10.8. The third-order valence-electron chi connectivity index (χ3n) is 6.71. The van der Waals surface area contributed by atoms with E-state index in [1.54, 1.807) is 7.11 Å².